The van der Waals surface area contributed by atoms with Gasteiger partial charge in [0.05, 0.1) is 39.2 Å². The zero-order valence-electron chi connectivity index (χ0n) is 15.4. The summed E-state index contributed by atoms with van der Waals surface area (Å²) in [4.78, 5) is 24.7. The van der Waals surface area contributed by atoms with Crippen LogP contribution in [-0.2, 0) is 25.6 Å². The van der Waals surface area contributed by atoms with Crippen molar-refractivity contribution in [3.8, 4) is 0 Å². The first-order valence-electron chi connectivity index (χ1n) is 8.63. The van der Waals surface area contributed by atoms with Gasteiger partial charge in [-0.05, 0) is 12.1 Å². The van der Waals surface area contributed by atoms with Crippen LogP contribution < -0.4 is 0 Å². The molecule has 2 aliphatic heterocycles. The SMILES string of the molecule is CC(=O)N1CCOCC2(CN(Cc3ccco3)CCO2)C1.O=C(O)C(F)(F)F. The second-order valence-electron chi connectivity index (χ2n) is 6.62. The fraction of sp³-hybridized carbons (Fsp3) is 0.647. The number of aliphatic carboxylic acids is 1. The molecular weight excluding hydrogens is 385 g/mol. The molecule has 8 nitrogen and oxygen atoms in total. The van der Waals surface area contributed by atoms with E-state index < -0.39 is 17.7 Å². The van der Waals surface area contributed by atoms with Gasteiger partial charge in [-0.3, -0.25) is 9.69 Å². The summed E-state index contributed by atoms with van der Waals surface area (Å²) in [5, 5.41) is 7.12. The number of halogens is 3. The highest BCUT2D eigenvalue weighted by molar-refractivity contribution is 5.73. The van der Waals surface area contributed by atoms with Crippen molar-refractivity contribution in [2.45, 2.75) is 25.2 Å². The number of carboxylic acids is 1. The summed E-state index contributed by atoms with van der Waals surface area (Å²) in [7, 11) is 0. The lowest BCUT2D eigenvalue weighted by Gasteiger charge is -2.43. The largest absolute Gasteiger partial charge is 0.490 e. The third-order valence-electron chi connectivity index (χ3n) is 4.32. The van der Waals surface area contributed by atoms with Gasteiger partial charge in [-0.1, -0.05) is 0 Å². The molecule has 1 N–H and O–H groups in total. The molecule has 1 atom stereocenters. The second kappa shape index (κ2) is 9.39. The van der Waals surface area contributed by atoms with Gasteiger partial charge in [-0.2, -0.15) is 13.2 Å². The van der Waals surface area contributed by atoms with E-state index in [1.54, 1.807) is 13.2 Å². The van der Waals surface area contributed by atoms with Crippen LogP contribution in [0.25, 0.3) is 0 Å². The predicted molar refractivity (Wildman–Crippen MR) is 89.4 cm³/mol. The number of carbonyl (C=O) groups is 2. The van der Waals surface area contributed by atoms with Crippen LogP contribution in [0.2, 0.25) is 0 Å². The van der Waals surface area contributed by atoms with Crippen molar-refractivity contribution in [3.05, 3.63) is 24.2 Å². The minimum atomic E-state index is -5.08. The molecule has 2 saturated heterocycles. The topological polar surface area (TPSA) is 92.5 Å². The summed E-state index contributed by atoms with van der Waals surface area (Å²) in [5.74, 6) is -1.73. The van der Waals surface area contributed by atoms with Crippen molar-refractivity contribution in [2.75, 3.05) is 46.0 Å². The normalized spacial score (nSPS) is 23.6. The second-order valence-corrected chi connectivity index (χ2v) is 6.62. The van der Waals surface area contributed by atoms with Gasteiger partial charge in [0.15, 0.2) is 0 Å². The van der Waals surface area contributed by atoms with E-state index in [2.05, 4.69) is 4.90 Å². The summed E-state index contributed by atoms with van der Waals surface area (Å²) in [5.41, 5.74) is -0.424. The fourth-order valence-corrected chi connectivity index (χ4v) is 3.04. The molecule has 1 amide bonds. The molecule has 2 aliphatic rings. The van der Waals surface area contributed by atoms with Crippen molar-refractivity contribution in [2.24, 2.45) is 0 Å². The van der Waals surface area contributed by atoms with E-state index in [4.69, 9.17) is 23.8 Å². The van der Waals surface area contributed by atoms with E-state index in [1.165, 1.54) is 0 Å². The Hall–Kier alpha value is -2.11. The van der Waals surface area contributed by atoms with E-state index in [1.807, 2.05) is 17.0 Å². The van der Waals surface area contributed by atoms with Crippen LogP contribution in [0.4, 0.5) is 13.2 Å². The zero-order chi connectivity index (χ0) is 20.8. The third-order valence-corrected chi connectivity index (χ3v) is 4.32. The van der Waals surface area contributed by atoms with Gasteiger partial charge < -0.3 is 23.9 Å². The van der Waals surface area contributed by atoms with Crippen molar-refractivity contribution in [3.63, 3.8) is 0 Å². The van der Waals surface area contributed by atoms with Crippen molar-refractivity contribution < 1.29 is 41.8 Å². The molecule has 0 saturated carbocycles. The average molecular weight is 408 g/mol. The molecule has 0 bridgehead atoms. The Balaban J connectivity index is 0.000000345. The monoisotopic (exact) mass is 408 g/mol. The third kappa shape index (κ3) is 6.50. The number of morpholine rings is 1. The number of ether oxygens (including phenoxy) is 2. The van der Waals surface area contributed by atoms with Gasteiger partial charge in [-0.25, -0.2) is 4.79 Å². The minimum absolute atomic E-state index is 0.0756. The summed E-state index contributed by atoms with van der Waals surface area (Å²) in [6, 6.07) is 3.88. The van der Waals surface area contributed by atoms with Gasteiger partial charge >= 0.3 is 12.1 Å². The number of alkyl halides is 3. The number of furan rings is 1. The summed E-state index contributed by atoms with van der Waals surface area (Å²) in [6.45, 7) is 6.96. The molecule has 0 aromatic carbocycles. The Morgan fingerprint density at radius 1 is 1.25 bits per heavy atom. The highest BCUT2D eigenvalue weighted by atomic mass is 19.4. The Morgan fingerprint density at radius 3 is 2.54 bits per heavy atom. The van der Waals surface area contributed by atoms with Crippen LogP contribution in [0.5, 0.6) is 0 Å². The maximum Gasteiger partial charge on any atom is 0.490 e. The quantitative estimate of drug-likeness (QED) is 0.790. The smallest absolute Gasteiger partial charge is 0.475 e. The Kier molecular flexibility index (Phi) is 7.44. The lowest BCUT2D eigenvalue weighted by molar-refractivity contribution is -0.192. The van der Waals surface area contributed by atoms with E-state index in [-0.39, 0.29) is 5.91 Å². The van der Waals surface area contributed by atoms with Gasteiger partial charge in [0.1, 0.15) is 11.4 Å². The maximum absolute atomic E-state index is 11.7. The summed E-state index contributed by atoms with van der Waals surface area (Å²) >= 11 is 0. The highest BCUT2D eigenvalue weighted by Gasteiger charge is 2.41. The molecule has 28 heavy (non-hydrogen) atoms. The molecule has 3 heterocycles. The molecule has 1 unspecified atom stereocenters. The Labute approximate surface area is 159 Å². The summed E-state index contributed by atoms with van der Waals surface area (Å²) < 4.78 is 48.9. The molecule has 3 rings (SSSR count). The molecule has 11 heteroatoms. The van der Waals surface area contributed by atoms with Gasteiger partial charge in [0, 0.05) is 26.6 Å². The standard InChI is InChI=1S/C15H22N2O4.C2HF3O2/c1-13(18)17-5-7-19-12-15(11-17)10-16(4-8-21-15)9-14-3-2-6-20-14;3-2(4,5)1(6)7/h2-3,6H,4-5,7-12H2,1H3;(H,6,7). The number of carbonyl (C=O) groups excluding carboxylic acids is 1. The van der Waals surface area contributed by atoms with Crippen molar-refractivity contribution >= 4 is 11.9 Å². The minimum Gasteiger partial charge on any atom is -0.475 e. The first kappa shape index (κ1) is 22.2. The number of nitrogens with zero attached hydrogens (tertiary/aromatic N) is 2. The van der Waals surface area contributed by atoms with Gasteiger partial charge in [-0.15, -0.1) is 0 Å². The zero-order valence-corrected chi connectivity index (χ0v) is 15.4. The van der Waals surface area contributed by atoms with Crippen LogP contribution >= 0.6 is 0 Å². The number of rotatable bonds is 2. The Bertz CT molecular complexity index is 652. The lowest BCUT2D eigenvalue weighted by atomic mass is 10.0. The first-order valence-corrected chi connectivity index (χ1v) is 8.63. The van der Waals surface area contributed by atoms with E-state index >= 15 is 0 Å². The van der Waals surface area contributed by atoms with Gasteiger partial charge in [0.2, 0.25) is 5.91 Å². The maximum atomic E-state index is 11.7. The van der Waals surface area contributed by atoms with E-state index in [0.717, 1.165) is 25.4 Å². The van der Waals surface area contributed by atoms with E-state index in [0.29, 0.717) is 32.9 Å². The van der Waals surface area contributed by atoms with Crippen molar-refractivity contribution in [1.29, 1.82) is 0 Å². The highest BCUT2D eigenvalue weighted by Crippen LogP contribution is 2.24. The van der Waals surface area contributed by atoms with Crippen LogP contribution in [0, 0.1) is 0 Å². The molecule has 0 radical (unpaired) electrons. The number of hydrogen-bond acceptors (Lipinski definition) is 6. The first-order chi connectivity index (χ1) is 13.1. The summed E-state index contributed by atoms with van der Waals surface area (Å²) in [6.07, 6.45) is -3.39. The number of carboxylic acid groups (broad SMARTS) is 1. The lowest BCUT2D eigenvalue weighted by Crippen LogP contribution is -2.58. The van der Waals surface area contributed by atoms with Crippen molar-refractivity contribution in [1.82, 2.24) is 9.80 Å². The molecular formula is C17H23F3N2O6. The Morgan fingerprint density at radius 2 is 1.96 bits per heavy atom. The fourth-order valence-electron chi connectivity index (χ4n) is 3.04. The van der Waals surface area contributed by atoms with Crippen LogP contribution in [0.1, 0.15) is 12.7 Å². The van der Waals surface area contributed by atoms with Crippen LogP contribution in [0.3, 0.4) is 0 Å². The molecule has 0 aliphatic carbocycles. The van der Waals surface area contributed by atoms with Crippen LogP contribution in [0.15, 0.2) is 22.8 Å². The molecule has 1 spiro atoms. The molecule has 158 valence electrons. The number of hydrogen-bond donors (Lipinski definition) is 1. The molecule has 2 fully saturated rings. The van der Waals surface area contributed by atoms with Crippen LogP contribution in [-0.4, -0.2) is 84.6 Å². The molecule has 1 aromatic rings. The van der Waals surface area contributed by atoms with Gasteiger partial charge in [0.25, 0.3) is 0 Å². The average Bonchev–Trinajstić information content (AvgIpc) is 3.02. The molecule has 1 aromatic heterocycles. The predicted octanol–water partition coefficient (Wildman–Crippen LogP) is 1.36. The van der Waals surface area contributed by atoms with E-state index in [9.17, 15) is 18.0 Å². The number of amides is 1.